The predicted molar refractivity (Wildman–Crippen MR) is 195 cm³/mol. The van der Waals surface area contributed by atoms with E-state index in [1.54, 1.807) is 24.3 Å². The lowest BCUT2D eigenvalue weighted by Gasteiger charge is -2.41. The van der Waals surface area contributed by atoms with Gasteiger partial charge < -0.3 is 23.8 Å². The van der Waals surface area contributed by atoms with Crippen LogP contribution in [-0.2, 0) is 25.4 Å². The van der Waals surface area contributed by atoms with Crippen molar-refractivity contribution in [3.05, 3.63) is 83.5 Å². The molecule has 262 valence electrons. The highest BCUT2D eigenvalue weighted by atomic mass is 32.1. The molecule has 0 aliphatic carbocycles. The highest BCUT2D eigenvalue weighted by Crippen LogP contribution is 2.39. The summed E-state index contributed by atoms with van der Waals surface area (Å²) in [5.74, 6) is 1.18. The number of carbonyl (C=O) groups is 1. The van der Waals surface area contributed by atoms with Crippen LogP contribution in [0.5, 0.6) is 5.75 Å². The van der Waals surface area contributed by atoms with Crippen molar-refractivity contribution >= 4 is 28.8 Å². The minimum absolute atomic E-state index is 0.235. The van der Waals surface area contributed by atoms with Gasteiger partial charge in [0.25, 0.3) is 0 Å². The first-order valence-electron chi connectivity index (χ1n) is 17.0. The lowest BCUT2D eigenvalue weighted by Crippen LogP contribution is -2.45. The second-order valence-corrected chi connectivity index (χ2v) is 14.6. The normalized spacial score (nSPS) is 15.3. The number of hydrogen-bond acceptors (Lipinski definition) is 10. The summed E-state index contributed by atoms with van der Waals surface area (Å²) in [5, 5.41) is 5.88. The maximum Gasteiger partial charge on any atom is 0.340 e. The largest absolute Gasteiger partial charge is 0.493 e. The molecule has 1 aromatic carbocycles. The number of para-hydroxylation sites is 1. The fourth-order valence-corrected chi connectivity index (χ4v) is 6.85. The molecule has 1 saturated heterocycles. The third kappa shape index (κ3) is 8.76. The average Bonchev–Trinajstić information content (AvgIpc) is 3.70. The molecule has 11 heteroatoms. The molecule has 3 aromatic heterocycles. The van der Waals surface area contributed by atoms with Crippen LogP contribution < -0.4 is 9.64 Å². The Labute approximate surface area is 293 Å². The van der Waals surface area contributed by atoms with Crippen LogP contribution in [0, 0.1) is 6.92 Å². The number of fused-ring (bicyclic) bond motifs is 1. The highest BCUT2D eigenvalue weighted by Gasteiger charge is 2.38. The van der Waals surface area contributed by atoms with Crippen LogP contribution >= 0.6 is 11.3 Å². The topological polar surface area (TPSA) is 100 Å². The van der Waals surface area contributed by atoms with E-state index in [1.165, 1.54) is 0 Å². The molecule has 49 heavy (non-hydrogen) atoms. The van der Waals surface area contributed by atoms with E-state index in [4.69, 9.17) is 34.0 Å². The summed E-state index contributed by atoms with van der Waals surface area (Å²) in [4.78, 5) is 26.7. The van der Waals surface area contributed by atoms with Crippen LogP contribution in [0.15, 0.2) is 61.8 Å². The number of esters is 1. The zero-order chi connectivity index (χ0) is 35.2. The number of carbonyl (C=O) groups excluding carboxylic acids is 1. The van der Waals surface area contributed by atoms with Gasteiger partial charge in [-0.3, -0.25) is 0 Å². The van der Waals surface area contributed by atoms with Gasteiger partial charge in [-0.05, 0) is 72.4 Å². The molecule has 4 aromatic rings. The summed E-state index contributed by atoms with van der Waals surface area (Å²) in [6.07, 6.45) is 7.59. The number of hydrogen-bond donors (Lipinski definition) is 0. The second-order valence-electron chi connectivity index (χ2n) is 13.5. The van der Waals surface area contributed by atoms with Crippen molar-refractivity contribution in [2.75, 3.05) is 37.8 Å². The molecular weight excluding hydrogens is 639 g/mol. The number of piperidine rings is 1. The SMILES string of the molecule is C=CCCOc1ccccc1Cc1cnc(-c2cc3nc(C)c([C@H](OC(C)(C)C)C(=O)OCC)c(N4CCC(C)(OCC=C)CC4)n3n2)s1. The molecule has 0 N–H and O–H groups in total. The van der Waals surface area contributed by atoms with E-state index in [1.807, 2.05) is 68.7 Å². The molecule has 5 rings (SSSR count). The maximum atomic E-state index is 13.6. The second kappa shape index (κ2) is 15.7. The number of thiazole rings is 1. The van der Waals surface area contributed by atoms with Gasteiger partial charge in [0.05, 0.1) is 36.6 Å². The van der Waals surface area contributed by atoms with Crippen LogP contribution in [0.4, 0.5) is 5.82 Å². The maximum absolute atomic E-state index is 13.6. The van der Waals surface area contributed by atoms with Gasteiger partial charge in [-0.15, -0.1) is 24.5 Å². The lowest BCUT2D eigenvalue weighted by atomic mass is 9.92. The van der Waals surface area contributed by atoms with Crippen molar-refractivity contribution in [3.63, 3.8) is 0 Å². The minimum Gasteiger partial charge on any atom is -0.493 e. The Morgan fingerprint density at radius 2 is 1.92 bits per heavy atom. The Kier molecular flexibility index (Phi) is 11.6. The highest BCUT2D eigenvalue weighted by molar-refractivity contribution is 7.15. The average molecular weight is 688 g/mol. The van der Waals surface area contributed by atoms with Gasteiger partial charge in [0.15, 0.2) is 11.8 Å². The van der Waals surface area contributed by atoms with Crippen molar-refractivity contribution in [3.8, 4) is 16.5 Å². The van der Waals surface area contributed by atoms with Crippen molar-refractivity contribution < 1.29 is 23.7 Å². The molecule has 10 nitrogen and oxygen atoms in total. The van der Waals surface area contributed by atoms with E-state index < -0.39 is 17.7 Å². The molecule has 4 heterocycles. The fraction of sp³-hybridized carbons (Fsp3) is 0.474. The zero-order valence-electron chi connectivity index (χ0n) is 29.7. The number of ether oxygens (including phenoxy) is 4. The van der Waals surface area contributed by atoms with Gasteiger partial charge in [-0.25, -0.2) is 14.8 Å². The van der Waals surface area contributed by atoms with Crippen molar-refractivity contribution in [1.29, 1.82) is 0 Å². The molecule has 0 bridgehead atoms. The van der Waals surface area contributed by atoms with E-state index in [0.29, 0.717) is 55.3 Å². The molecule has 0 unspecified atom stereocenters. The monoisotopic (exact) mass is 687 g/mol. The van der Waals surface area contributed by atoms with Crippen LogP contribution in [0.25, 0.3) is 16.3 Å². The standard InChI is InChI=1S/C38H49N5O5S/c1-9-12-22-46-30-16-14-13-15-27(30)23-28-25-39-34(49-28)29-24-31-40-26(4)32(33(36(44)45-11-3)48-37(5,6)7)35(43(31)41-29)42-19-17-38(8,18-20-42)47-21-10-2/h9-10,13-16,24-25,33H,1-2,11-12,17-23H2,3-8H3/t33-/m0/s1. The van der Waals surface area contributed by atoms with E-state index in [9.17, 15) is 4.79 Å². The van der Waals surface area contributed by atoms with E-state index in [-0.39, 0.29) is 12.2 Å². The summed E-state index contributed by atoms with van der Waals surface area (Å²) >= 11 is 1.59. The number of nitrogens with zero attached hydrogens (tertiary/aromatic N) is 5. The summed E-state index contributed by atoms with van der Waals surface area (Å²) < 4.78 is 26.0. The smallest absolute Gasteiger partial charge is 0.340 e. The minimum atomic E-state index is -0.995. The fourth-order valence-electron chi connectivity index (χ4n) is 5.96. The van der Waals surface area contributed by atoms with Gasteiger partial charge in [0.1, 0.15) is 22.3 Å². The van der Waals surface area contributed by atoms with Gasteiger partial charge >= 0.3 is 5.97 Å². The third-order valence-corrected chi connectivity index (χ3v) is 9.42. The van der Waals surface area contributed by atoms with E-state index in [2.05, 4.69) is 31.0 Å². The van der Waals surface area contributed by atoms with Crippen LogP contribution in [0.1, 0.15) is 81.7 Å². The molecule has 1 fully saturated rings. The molecule has 1 aliphatic rings. The number of aromatic nitrogens is 4. The molecule has 1 aliphatic heterocycles. The van der Waals surface area contributed by atoms with E-state index >= 15 is 0 Å². The van der Waals surface area contributed by atoms with Crippen LogP contribution in [0.2, 0.25) is 0 Å². The van der Waals surface area contributed by atoms with Crippen LogP contribution in [-0.4, -0.2) is 69.7 Å². The molecule has 0 saturated carbocycles. The number of anilines is 1. The first-order valence-corrected chi connectivity index (χ1v) is 17.8. The molecular formula is C38H49N5O5S. The van der Waals surface area contributed by atoms with Crippen molar-refractivity contribution in [1.82, 2.24) is 19.6 Å². The molecule has 0 spiro atoms. The third-order valence-electron chi connectivity index (χ3n) is 8.40. The van der Waals surface area contributed by atoms with Crippen molar-refractivity contribution in [2.24, 2.45) is 0 Å². The molecule has 0 radical (unpaired) electrons. The molecule has 0 amide bonds. The number of aryl methyl sites for hydroxylation is 1. The zero-order valence-corrected chi connectivity index (χ0v) is 30.5. The molecule has 1 atom stereocenters. The van der Waals surface area contributed by atoms with Crippen LogP contribution in [0.3, 0.4) is 0 Å². The first kappa shape index (κ1) is 36.2. The van der Waals surface area contributed by atoms with Gasteiger partial charge in [-0.1, -0.05) is 30.4 Å². The van der Waals surface area contributed by atoms with E-state index in [0.717, 1.165) is 46.3 Å². The van der Waals surface area contributed by atoms with Gasteiger partial charge in [0.2, 0.25) is 0 Å². The summed E-state index contributed by atoms with van der Waals surface area (Å²) in [6, 6.07) is 10.0. The summed E-state index contributed by atoms with van der Waals surface area (Å²) in [5.41, 5.74) is 2.89. The van der Waals surface area contributed by atoms with Gasteiger partial charge in [0, 0.05) is 42.3 Å². The first-order chi connectivity index (χ1) is 23.4. The van der Waals surface area contributed by atoms with Gasteiger partial charge in [-0.2, -0.15) is 9.61 Å². The quantitative estimate of drug-likeness (QED) is 0.0708. The Bertz CT molecular complexity index is 1770. The Morgan fingerprint density at radius 3 is 2.61 bits per heavy atom. The lowest BCUT2D eigenvalue weighted by molar-refractivity contribution is -0.166. The number of rotatable bonds is 15. The summed E-state index contributed by atoms with van der Waals surface area (Å²) in [6.45, 7) is 22.0. The Morgan fingerprint density at radius 1 is 1.16 bits per heavy atom. The summed E-state index contributed by atoms with van der Waals surface area (Å²) in [7, 11) is 0. The number of benzene rings is 1. The Hall–Kier alpha value is -4.06. The van der Waals surface area contributed by atoms with Crippen molar-refractivity contribution in [2.45, 2.75) is 84.5 Å². The Balaban J connectivity index is 1.55. The predicted octanol–water partition coefficient (Wildman–Crippen LogP) is 7.69.